The van der Waals surface area contributed by atoms with E-state index in [-0.39, 0.29) is 23.1 Å². The lowest BCUT2D eigenvalue weighted by Crippen LogP contribution is -2.46. The van der Waals surface area contributed by atoms with Crippen LogP contribution in [0.25, 0.3) is 0 Å². The number of rotatable bonds is 4. The van der Waals surface area contributed by atoms with Crippen LogP contribution in [0.5, 0.6) is 0 Å². The average Bonchev–Trinajstić information content (AvgIpc) is 2.62. The summed E-state index contributed by atoms with van der Waals surface area (Å²) in [5, 5.41) is 2.98. The van der Waals surface area contributed by atoms with Gasteiger partial charge in [-0.3, -0.25) is 14.4 Å². The standard InChI is InChI=1S/C18H23N5O3/c1-3-22-9-6-19-16(18(22)26)23-7-4-14(5-8-23)21-17(25)13-10-12(2)20-15(24)11-13/h6,9-11,14H,3-5,7-8H2,1-2H3,(H,20,24)(H,21,25). The van der Waals surface area contributed by atoms with Crippen molar-refractivity contribution in [2.45, 2.75) is 39.3 Å². The number of aromatic nitrogens is 3. The minimum Gasteiger partial charge on any atom is -0.352 e. The Balaban J connectivity index is 1.63. The maximum absolute atomic E-state index is 12.4. The highest BCUT2D eigenvalue weighted by Crippen LogP contribution is 2.15. The van der Waals surface area contributed by atoms with E-state index in [9.17, 15) is 14.4 Å². The summed E-state index contributed by atoms with van der Waals surface area (Å²) in [5.41, 5.74) is 0.646. The number of anilines is 1. The zero-order valence-electron chi connectivity index (χ0n) is 15.0. The number of pyridine rings is 1. The largest absolute Gasteiger partial charge is 0.352 e. The first-order chi connectivity index (χ1) is 12.5. The number of aromatic amines is 1. The van der Waals surface area contributed by atoms with Gasteiger partial charge in [0.25, 0.3) is 11.5 Å². The van der Waals surface area contributed by atoms with Gasteiger partial charge >= 0.3 is 0 Å². The van der Waals surface area contributed by atoms with E-state index in [1.807, 2.05) is 11.8 Å². The molecule has 138 valence electrons. The van der Waals surface area contributed by atoms with Crippen molar-refractivity contribution in [1.29, 1.82) is 0 Å². The molecule has 0 aliphatic carbocycles. The molecule has 2 aromatic heterocycles. The number of aryl methyl sites for hydroxylation is 2. The number of nitrogens with one attached hydrogen (secondary N) is 2. The molecule has 0 radical (unpaired) electrons. The van der Waals surface area contributed by atoms with Crippen LogP contribution in [0.2, 0.25) is 0 Å². The maximum Gasteiger partial charge on any atom is 0.293 e. The fraction of sp³-hybridized carbons (Fsp3) is 0.444. The summed E-state index contributed by atoms with van der Waals surface area (Å²) in [6.07, 6.45) is 4.76. The van der Waals surface area contributed by atoms with Gasteiger partial charge in [0.1, 0.15) is 0 Å². The Labute approximate surface area is 150 Å². The van der Waals surface area contributed by atoms with Crippen molar-refractivity contribution in [1.82, 2.24) is 19.9 Å². The van der Waals surface area contributed by atoms with Gasteiger partial charge in [0, 0.05) is 55.4 Å². The van der Waals surface area contributed by atoms with E-state index >= 15 is 0 Å². The molecule has 0 unspecified atom stereocenters. The molecule has 1 saturated heterocycles. The van der Waals surface area contributed by atoms with Gasteiger partial charge in [0.2, 0.25) is 5.56 Å². The normalized spacial score (nSPS) is 15.1. The van der Waals surface area contributed by atoms with Crippen molar-refractivity contribution >= 4 is 11.7 Å². The lowest BCUT2D eigenvalue weighted by Gasteiger charge is -2.32. The van der Waals surface area contributed by atoms with Crippen molar-refractivity contribution in [3.63, 3.8) is 0 Å². The molecule has 0 bridgehead atoms. The van der Waals surface area contributed by atoms with Gasteiger partial charge in [-0.05, 0) is 32.8 Å². The van der Waals surface area contributed by atoms with Gasteiger partial charge in [-0.1, -0.05) is 0 Å². The highest BCUT2D eigenvalue weighted by atomic mass is 16.2. The molecule has 2 aromatic rings. The van der Waals surface area contributed by atoms with Crippen LogP contribution in [0.1, 0.15) is 35.8 Å². The monoisotopic (exact) mass is 357 g/mol. The van der Waals surface area contributed by atoms with Crippen molar-refractivity contribution in [2.24, 2.45) is 0 Å². The first-order valence-corrected chi connectivity index (χ1v) is 8.80. The van der Waals surface area contributed by atoms with Gasteiger partial charge in [0.05, 0.1) is 0 Å². The zero-order chi connectivity index (χ0) is 18.7. The minimum atomic E-state index is -0.285. The van der Waals surface area contributed by atoms with Crippen molar-refractivity contribution in [2.75, 3.05) is 18.0 Å². The first-order valence-electron chi connectivity index (χ1n) is 8.80. The Morgan fingerprint density at radius 3 is 2.69 bits per heavy atom. The number of amides is 1. The van der Waals surface area contributed by atoms with Crippen LogP contribution in [0.15, 0.2) is 34.1 Å². The number of carbonyl (C=O) groups excluding carboxylic acids is 1. The Kier molecular flexibility index (Phi) is 5.20. The molecule has 8 heteroatoms. The Bertz CT molecular complexity index is 910. The molecule has 1 aliphatic rings. The molecule has 1 aliphatic heterocycles. The molecule has 3 rings (SSSR count). The third-order valence-corrected chi connectivity index (χ3v) is 4.61. The Morgan fingerprint density at radius 1 is 1.31 bits per heavy atom. The molecule has 3 heterocycles. The highest BCUT2D eigenvalue weighted by Gasteiger charge is 2.24. The van der Waals surface area contributed by atoms with Crippen LogP contribution in [0, 0.1) is 6.92 Å². The molecular weight excluding hydrogens is 334 g/mol. The third-order valence-electron chi connectivity index (χ3n) is 4.61. The van der Waals surface area contributed by atoms with Crippen LogP contribution in [-0.2, 0) is 6.54 Å². The van der Waals surface area contributed by atoms with E-state index in [1.165, 1.54) is 6.07 Å². The molecule has 1 amide bonds. The number of nitrogens with zero attached hydrogens (tertiary/aromatic N) is 3. The predicted octanol–water partition coefficient (Wildman–Crippen LogP) is 0.659. The van der Waals surface area contributed by atoms with E-state index in [4.69, 9.17) is 0 Å². The zero-order valence-corrected chi connectivity index (χ0v) is 15.0. The summed E-state index contributed by atoms with van der Waals surface area (Å²) in [7, 11) is 0. The molecule has 0 spiro atoms. The van der Waals surface area contributed by atoms with Crippen molar-refractivity contribution in [3.05, 3.63) is 56.5 Å². The first kappa shape index (κ1) is 17.9. The van der Waals surface area contributed by atoms with Gasteiger partial charge in [-0.15, -0.1) is 0 Å². The van der Waals surface area contributed by atoms with Crippen LogP contribution >= 0.6 is 0 Å². The lowest BCUT2D eigenvalue weighted by molar-refractivity contribution is 0.0930. The molecule has 26 heavy (non-hydrogen) atoms. The Morgan fingerprint density at radius 2 is 2.04 bits per heavy atom. The van der Waals surface area contributed by atoms with Crippen molar-refractivity contribution in [3.8, 4) is 0 Å². The summed E-state index contributed by atoms with van der Waals surface area (Å²) in [5.74, 6) is 0.216. The van der Waals surface area contributed by atoms with Crippen LogP contribution in [0.4, 0.5) is 5.82 Å². The van der Waals surface area contributed by atoms with Crippen LogP contribution < -0.4 is 21.3 Å². The third kappa shape index (κ3) is 3.84. The molecule has 8 nitrogen and oxygen atoms in total. The Hall–Kier alpha value is -2.90. The van der Waals surface area contributed by atoms with E-state index in [1.54, 1.807) is 30.0 Å². The lowest BCUT2D eigenvalue weighted by atomic mass is 10.0. The fourth-order valence-electron chi connectivity index (χ4n) is 3.22. The van der Waals surface area contributed by atoms with Gasteiger partial charge in [0.15, 0.2) is 5.82 Å². The SMILES string of the molecule is CCn1ccnc(N2CCC(NC(=O)c3cc(C)[nH]c(=O)c3)CC2)c1=O. The quantitative estimate of drug-likeness (QED) is 0.837. The van der Waals surface area contributed by atoms with Crippen LogP contribution in [0.3, 0.4) is 0 Å². The number of carbonyl (C=O) groups is 1. The summed E-state index contributed by atoms with van der Waals surface area (Å²) in [4.78, 5) is 45.1. The smallest absolute Gasteiger partial charge is 0.293 e. The van der Waals surface area contributed by atoms with E-state index < -0.39 is 0 Å². The summed E-state index contributed by atoms with van der Waals surface area (Å²) in [6.45, 7) is 5.57. The van der Waals surface area contributed by atoms with Crippen molar-refractivity contribution < 1.29 is 4.79 Å². The van der Waals surface area contributed by atoms with Crippen LogP contribution in [-0.4, -0.2) is 39.6 Å². The topological polar surface area (TPSA) is 100 Å². The molecular formula is C18H23N5O3. The molecule has 2 N–H and O–H groups in total. The van der Waals surface area contributed by atoms with Gasteiger partial charge < -0.3 is 19.8 Å². The summed E-state index contributed by atoms with van der Waals surface area (Å²) < 4.78 is 1.63. The number of H-pyrrole nitrogens is 1. The number of piperidine rings is 1. The molecule has 0 aromatic carbocycles. The second kappa shape index (κ2) is 7.55. The van der Waals surface area contributed by atoms with Gasteiger partial charge in [-0.25, -0.2) is 4.98 Å². The van der Waals surface area contributed by atoms with E-state index in [2.05, 4.69) is 15.3 Å². The van der Waals surface area contributed by atoms with Gasteiger partial charge in [-0.2, -0.15) is 0 Å². The number of hydrogen-bond donors (Lipinski definition) is 2. The molecule has 0 atom stereocenters. The minimum absolute atomic E-state index is 0.00968. The second-order valence-electron chi connectivity index (χ2n) is 6.49. The summed E-state index contributed by atoms with van der Waals surface area (Å²) in [6, 6.07) is 2.97. The number of hydrogen-bond acceptors (Lipinski definition) is 5. The molecule has 0 saturated carbocycles. The highest BCUT2D eigenvalue weighted by molar-refractivity contribution is 5.94. The average molecular weight is 357 g/mol. The summed E-state index contributed by atoms with van der Waals surface area (Å²) >= 11 is 0. The fourth-order valence-corrected chi connectivity index (χ4v) is 3.22. The molecule has 1 fully saturated rings. The van der Waals surface area contributed by atoms with E-state index in [0.29, 0.717) is 36.7 Å². The predicted molar refractivity (Wildman–Crippen MR) is 98.7 cm³/mol. The maximum atomic E-state index is 12.4. The van der Waals surface area contributed by atoms with E-state index in [0.717, 1.165) is 12.8 Å². The second-order valence-corrected chi connectivity index (χ2v) is 6.49.